The zero-order chi connectivity index (χ0) is 14.8. The fraction of sp³-hybridized carbons (Fsp3) is 0. The van der Waals surface area contributed by atoms with Gasteiger partial charge < -0.3 is 15.3 Å². The van der Waals surface area contributed by atoms with Gasteiger partial charge in [-0.15, -0.1) is 0 Å². The minimum Gasteiger partial charge on any atom is -0.508 e. The Kier molecular flexibility index (Phi) is 3.20. The van der Waals surface area contributed by atoms with Crippen molar-refractivity contribution in [1.82, 2.24) is 4.98 Å². The lowest BCUT2D eigenvalue weighted by Gasteiger charge is -2.05. The summed E-state index contributed by atoms with van der Waals surface area (Å²) in [7, 11) is 0. The number of aromatic nitrogens is 1. The highest BCUT2D eigenvalue weighted by atomic mass is 16.3. The van der Waals surface area contributed by atoms with Gasteiger partial charge >= 0.3 is 0 Å². The van der Waals surface area contributed by atoms with Gasteiger partial charge in [0.1, 0.15) is 17.3 Å². The van der Waals surface area contributed by atoms with E-state index in [4.69, 9.17) is 0 Å². The Balaban J connectivity index is 2.02. The Morgan fingerprint density at radius 3 is 2.48 bits per heavy atom. The Bertz CT molecular complexity index is 840. The third-order valence-corrected chi connectivity index (χ3v) is 3.19. The van der Waals surface area contributed by atoms with Crippen LogP contribution in [-0.4, -0.2) is 20.3 Å². The fourth-order valence-corrected chi connectivity index (χ4v) is 2.13. The SMILES string of the molecule is O/C(=C\c1cc2ccccc2cn1)c1ccc(O)cc1O. The van der Waals surface area contributed by atoms with Crippen molar-refractivity contribution in [2.24, 2.45) is 0 Å². The van der Waals surface area contributed by atoms with E-state index >= 15 is 0 Å². The molecule has 0 aliphatic carbocycles. The van der Waals surface area contributed by atoms with Crippen molar-refractivity contribution in [1.29, 1.82) is 0 Å². The van der Waals surface area contributed by atoms with Gasteiger partial charge in [-0.2, -0.15) is 0 Å². The summed E-state index contributed by atoms with van der Waals surface area (Å²) >= 11 is 0. The number of aliphatic hydroxyl groups is 1. The van der Waals surface area contributed by atoms with Crippen LogP contribution in [0.25, 0.3) is 22.6 Å². The lowest BCUT2D eigenvalue weighted by molar-refractivity contribution is 0.443. The Morgan fingerprint density at radius 2 is 1.71 bits per heavy atom. The Morgan fingerprint density at radius 1 is 0.952 bits per heavy atom. The van der Waals surface area contributed by atoms with E-state index in [1.54, 1.807) is 6.20 Å². The molecule has 4 heteroatoms. The second kappa shape index (κ2) is 5.17. The monoisotopic (exact) mass is 279 g/mol. The molecule has 0 aliphatic heterocycles. The number of fused-ring (bicyclic) bond motifs is 1. The van der Waals surface area contributed by atoms with Crippen LogP contribution in [0.2, 0.25) is 0 Å². The van der Waals surface area contributed by atoms with E-state index in [2.05, 4.69) is 4.98 Å². The van der Waals surface area contributed by atoms with E-state index < -0.39 is 0 Å². The molecule has 0 unspecified atom stereocenters. The molecule has 0 fully saturated rings. The number of benzene rings is 2. The van der Waals surface area contributed by atoms with Crippen molar-refractivity contribution in [2.75, 3.05) is 0 Å². The van der Waals surface area contributed by atoms with Crippen LogP contribution in [-0.2, 0) is 0 Å². The third kappa shape index (κ3) is 2.65. The molecular weight excluding hydrogens is 266 g/mol. The van der Waals surface area contributed by atoms with E-state index in [1.165, 1.54) is 24.3 Å². The first-order chi connectivity index (χ1) is 10.1. The third-order valence-electron chi connectivity index (χ3n) is 3.19. The van der Waals surface area contributed by atoms with Gasteiger partial charge in [-0.25, -0.2) is 0 Å². The highest BCUT2D eigenvalue weighted by Crippen LogP contribution is 2.28. The lowest BCUT2D eigenvalue weighted by atomic mass is 10.1. The van der Waals surface area contributed by atoms with Crippen LogP contribution in [0.1, 0.15) is 11.3 Å². The first-order valence-corrected chi connectivity index (χ1v) is 6.41. The number of hydrogen-bond acceptors (Lipinski definition) is 4. The number of rotatable bonds is 2. The molecule has 2 aromatic carbocycles. The topological polar surface area (TPSA) is 73.6 Å². The first kappa shape index (κ1) is 13.0. The van der Waals surface area contributed by atoms with E-state index in [1.807, 2.05) is 30.3 Å². The van der Waals surface area contributed by atoms with Gasteiger partial charge in [-0.3, -0.25) is 4.98 Å². The van der Waals surface area contributed by atoms with Crippen molar-refractivity contribution >= 4 is 22.6 Å². The number of pyridine rings is 1. The van der Waals surface area contributed by atoms with Gasteiger partial charge in [0.15, 0.2) is 0 Å². The maximum atomic E-state index is 10.1. The molecule has 0 saturated carbocycles. The molecule has 0 atom stereocenters. The van der Waals surface area contributed by atoms with Crippen molar-refractivity contribution in [3.63, 3.8) is 0 Å². The maximum absolute atomic E-state index is 10.1. The number of aromatic hydroxyl groups is 2. The summed E-state index contributed by atoms with van der Waals surface area (Å²) in [4.78, 5) is 4.25. The molecule has 3 N–H and O–H groups in total. The Hall–Kier alpha value is -3.01. The largest absolute Gasteiger partial charge is 0.508 e. The van der Waals surface area contributed by atoms with Crippen molar-refractivity contribution < 1.29 is 15.3 Å². The summed E-state index contributed by atoms with van der Waals surface area (Å²) < 4.78 is 0. The van der Waals surface area contributed by atoms with Gasteiger partial charge in [-0.1, -0.05) is 24.3 Å². The van der Waals surface area contributed by atoms with Crippen molar-refractivity contribution in [3.05, 3.63) is 66.0 Å². The van der Waals surface area contributed by atoms with Crippen LogP contribution in [0.3, 0.4) is 0 Å². The van der Waals surface area contributed by atoms with E-state index in [0.29, 0.717) is 5.69 Å². The van der Waals surface area contributed by atoms with Gasteiger partial charge in [0, 0.05) is 23.7 Å². The molecule has 0 saturated heterocycles. The number of phenols is 2. The molecule has 4 nitrogen and oxygen atoms in total. The van der Waals surface area contributed by atoms with E-state index in [-0.39, 0.29) is 22.8 Å². The lowest BCUT2D eigenvalue weighted by Crippen LogP contribution is -1.87. The number of hydrogen-bond donors (Lipinski definition) is 3. The van der Waals surface area contributed by atoms with Crippen LogP contribution in [0, 0.1) is 0 Å². The average Bonchev–Trinajstić information content (AvgIpc) is 2.47. The summed E-state index contributed by atoms with van der Waals surface area (Å²) in [6.45, 7) is 0. The van der Waals surface area contributed by atoms with Gasteiger partial charge in [0.2, 0.25) is 0 Å². The fourth-order valence-electron chi connectivity index (χ4n) is 2.13. The van der Waals surface area contributed by atoms with Gasteiger partial charge in [0.05, 0.1) is 11.3 Å². The summed E-state index contributed by atoms with van der Waals surface area (Å²) in [5.41, 5.74) is 0.821. The first-order valence-electron chi connectivity index (χ1n) is 6.41. The zero-order valence-electron chi connectivity index (χ0n) is 11.1. The van der Waals surface area contributed by atoms with Crippen molar-refractivity contribution in [3.8, 4) is 11.5 Å². The molecule has 0 aliphatic rings. The normalized spacial score (nSPS) is 11.7. The molecule has 1 aromatic heterocycles. The quantitative estimate of drug-likeness (QED) is 0.625. The van der Waals surface area contributed by atoms with Gasteiger partial charge in [0.25, 0.3) is 0 Å². The minimum atomic E-state index is -0.190. The molecular formula is C17H13NO3. The summed E-state index contributed by atoms with van der Waals surface area (Å²) in [6.07, 6.45) is 3.20. The van der Waals surface area contributed by atoms with Crippen LogP contribution >= 0.6 is 0 Å². The highest BCUT2D eigenvalue weighted by molar-refractivity contribution is 5.85. The highest BCUT2D eigenvalue weighted by Gasteiger charge is 2.07. The van der Waals surface area contributed by atoms with Crippen molar-refractivity contribution in [2.45, 2.75) is 0 Å². The summed E-state index contributed by atoms with van der Waals surface area (Å²) in [6, 6.07) is 13.7. The second-order valence-corrected chi connectivity index (χ2v) is 4.69. The summed E-state index contributed by atoms with van der Waals surface area (Å²) in [5.74, 6) is -0.368. The molecule has 104 valence electrons. The number of nitrogens with zero attached hydrogens (tertiary/aromatic N) is 1. The number of aliphatic hydroxyl groups excluding tert-OH is 1. The zero-order valence-corrected chi connectivity index (χ0v) is 11.1. The second-order valence-electron chi connectivity index (χ2n) is 4.69. The molecule has 0 bridgehead atoms. The molecule has 1 heterocycles. The maximum Gasteiger partial charge on any atom is 0.130 e. The predicted molar refractivity (Wildman–Crippen MR) is 82.0 cm³/mol. The summed E-state index contributed by atoms with van der Waals surface area (Å²) in [5, 5.41) is 31.1. The van der Waals surface area contributed by atoms with Gasteiger partial charge in [-0.05, 0) is 23.6 Å². The molecule has 0 radical (unpaired) electrons. The molecule has 0 spiro atoms. The Labute approximate surface area is 121 Å². The smallest absolute Gasteiger partial charge is 0.130 e. The number of phenolic OH excluding ortho intramolecular Hbond substituents is 2. The average molecular weight is 279 g/mol. The minimum absolute atomic E-state index is 0.0621. The molecule has 0 amide bonds. The molecule has 3 rings (SSSR count). The standard InChI is InChI=1S/C17H13NO3/c19-14-5-6-15(17(21)9-14)16(20)8-13-7-11-3-1-2-4-12(11)10-18-13/h1-10,19-21H/b16-8-. The van der Waals surface area contributed by atoms with Crippen LogP contribution in [0.4, 0.5) is 0 Å². The predicted octanol–water partition coefficient (Wildman–Crippen LogP) is 3.70. The molecule has 3 aromatic rings. The molecule has 21 heavy (non-hydrogen) atoms. The van der Waals surface area contributed by atoms with Crippen LogP contribution in [0.5, 0.6) is 11.5 Å². The van der Waals surface area contributed by atoms with E-state index in [9.17, 15) is 15.3 Å². The van der Waals surface area contributed by atoms with Crippen LogP contribution in [0.15, 0.2) is 54.7 Å². The van der Waals surface area contributed by atoms with Crippen LogP contribution < -0.4 is 0 Å². The van der Waals surface area contributed by atoms with E-state index in [0.717, 1.165) is 10.8 Å².